The lowest BCUT2D eigenvalue weighted by Crippen LogP contribution is -2.50. The molecule has 0 saturated carbocycles. The number of likely N-dealkylation sites (tertiary alicyclic amines) is 1. The van der Waals surface area contributed by atoms with Crippen molar-refractivity contribution in [1.82, 2.24) is 34.5 Å². The zero-order valence-electron chi connectivity index (χ0n) is 23.6. The highest BCUT2D eigenvalue weighted by molar-refractivity contribution is 5.78. The van der Waals surface area contributed by atoms with E-state index in [0.717, 1.165) is 60.4 Å². The van der Waals surface area contributed by atoms with Crippen LogP contribution in [0.3, 0.4) is 0 Å². The Hall–Kier alpha value is -3.86. The smallest absolute Gasteiger partial charge is 0.227 e. The molecule has 0 radical (unpaired) electrons. The number of anilines is 3. The average Bonchev–Trinajstić information content (AvgIpc) is 3.60. The fourth-order valence-electron chi connectivity index (χ4n) is 6.01. The molecular weight excluding hydrogens is 514 g/mol. The molecule has 10 heteroatoms. The van der Waals surface area contributed by atoms with E-state index in [1.54, 1.807) is 12.4 Å². The Morgan fingerprint density at radius 2 is 1.83 bits per heavy atom. The highest BCUT2D eigenvalue weighted by Gasteiger charge is 2.26. The maximum Gasteiger partial charge on any atom is 0.227 e. The normalized spacial score (nSPS) is 20.3. The van der Waals surface area contributed by atoms with Gasteiger partial charge in [-0.1, -0.05) is 0 Å². The van der Waals surface area contributed by atoms with E-state index in [1.807, 2.05) is 29.1 Å². The number of piperazine rings is 1. The van der Waals surface area contributed by atoms with Crippen LogP contribution in [0.5, 0.6) is 0 Å². The molecule has 1 atom stereocenters. The largest absolute Gasteiger partial charge is 0.377 e. The van der Waals surface area contributed by atoms with E-state index in [2.05, 4.69) is 67.5 Å². The molecule has 0 amide bonds. The number of hydrogen-bond donors (Lipinski definition) is 1. The molecule has 3 fully saturated rings. The molecule has 10 nitrogen and oxygen atoms in total. The van der Waals surface area contributed by atoms with Gasteiger partial charge in [-0.05, 0) is 68.9 Å². The summed E-state index contributed by atoms with van der Waals surface area (Å²) in [6, 6.07) is 15.5. The average molecular weight is 552 g/mol. The summed E-state index contributed by atoms with van der Waals surface area (Å²) >= 11 is 0. The number of nitrogens with zero attached hydrogens (tertiary/aromatic N) is 8. The van der Waals surface area contributed by atoms with E-state index in [-0.39, 0.29) is 6.04 Å². The molecule has 4 aromatic rings. The second kappa shape index (κ2) is 11.6. The Morgan fingerprint density at radius 1 is 0.976 bits per heavy atom. The zero-order chi connectivity index (χ0) is 27.6. The summed E-state index contributed by atoms with van der Waals surface area (Å²) in [6.45, 7) is 8.16. The van der Waals surface area contributed by atoms with E-state index < -0.39 is 0 Å². The number of aromatic nitrogens is 5. The molecule has 0 aliphatic carbocycles. The maximum atomic E-state index is 5.40. The van der Waals surface area contributed by atoms with Gasteiger partial charge in [0.1, 0.15) is 5.69 Å². The van der Waals surface area contributed by atoms with Crippen molar-refractivity contribution in [1.29, 1.82) is 0 Å². The first-order valence-corrected chi connectivity index (χ1v) is 14.6. The van der Waals surface area contributed by atoms with Crippen LogP contribution >= 0.6 is 0 Å². The van der Waals surface area contributed by atoms with Crippen molar-refractivity contribution in [3.05, 3.63) is 67.3 Å². The predicted molar refractivity (Wildman–Crippen MR) is 160 cm³/mol. The second-order valence-corrected chi connectivity index (χ2v) is 11.3. The van der Waals surface area contributed by atoms with Crippen LogP contribution in [-0.4, -0.2) is 100 Å². The minimum absolute atomic E-state index is 0.245. The first-order chi connectivity index (χ1) is 20.2. The van der Waals surface area contributed by atoms with E-state index in [9.17, 15) is 0 Å². The van der Waals surface area contributed by atoms with Crippen molar-refractivity contribution >= 4 is 17.3 Å². The molecule has 6 heterocycles. The van der Waals surface area contributed by atoms with Crippen molar-refractivity contribution in [2.75, 3.05) is 69.7 Å². The summed E-state index contributed by atoms with van der Waals surface area (Å²) in [5.41, 5.74) is 5.79. The number of rotatable bonds is 8. The number of likely N-dealkylation sites (N-methyl/N-ethyl adjacent to an activating group) is 1. The summed E-state index contributed by atoms with van der Waals surface area (Å²) in [7, 11) is 2.27. The van der Waals surface area contributed by atoms with E-state index in [1.165, 1.54) is 31.6 Å². The van der Waals surface area contributed by atoms with Crippen LogP contribution in [-0.2, 0) is 4.74 Å². The highest BCUT2D eigenvalue weighted by Crippen LogP contribution is 2.32. The fraction of sp³-hybridized carbons (Fsp3) is 0.419. The Labute approximate surface area is 241 Å². The van der Waals surface area contributed by atoms with Gasteiger partial charge < -0.3 is 19.9 Å². The highest BCUT2D eigenvalue weighted by atomic mass is 16.5. The third-order valence-electron chi connectivity index (χ3n) is 8.59. The van der Waals surface area contributed by atoms with Gasteiger partial charge in [0, 0.05) is 86.1 Å². The molecule has 1 N–H and O–H groups in total. The molecule has 0 bridgehead atoms. The van der Waals surface area contributed by atoms with Gasteiger partial charge in [-0.3, -0.25) is 14.6 Å². The second-order valence-electron chi connectivity index (χ2n) is 11.3. The minimum atomic E-state index is 0.245. The van der Waals surface area contributed by atoms with Gasteiger partial charge in [0.15, 0.2) is 0 Å². The quantitative estimate of drug-likeness (QED) is 0.350. The van der Waals surface area contributed by atoms with Crippen molar-refractivity contribution < 1.29 is 4.74 Å². The first kappa shape index (κ1) is 26.1. The van der Waals surface area contributed by atoms with Gasteiger partial charge in [0.25, 0.3) is 0 Å². The molecule has 0 spiro atoms. The van der Waals surface area contributed by atoms with Crippen LogP contribution in [0.4, 0.5) is 17.3 Å². The minimum Gasteiger partial charge on any atom is -0.377 e. The summed E-state index contributed by atoms with van der Waals surface area (Å²) in [4.78, 5) is 21.3. The Kier molecular flexibility index (Phi) is 7.35. The SMILES string of the molecule is CN1CCCC1CN1CCN(c2ccc(Nc3nccc(-c4cn(C5COC5)nc4-c4cccnc4)n3)cc2)CC1. The third kappa shape index (κ3) is 5.68. The van der Waals surface area contributed by atoms with E-state index in [4.69, 9.17) is 14.8 Å². The van der Waals surface area contributed by atoms with Crippen LogP contribution in [0.15, 0.2) is 67.3 Å². The number of benzene rings is 1. The van der Waals surface area contributed by atoms with Crippen LogP contribution < -0.4 is 10.2 Å². The van der Waals surface area contributed by atoms with Gasteiger partial charge in [0.05, 0.1) is 24.9 Å². The standard InChI is InChI=1S/C31H37N9O/c1-37-13-3-5-26(37)19-38-14-16-39(17-15-38)25-8-6-24(7-9-25)34-31-33-12-10-29(35-31)28-20-40(27-21-41-22-27)36-30(28)23-4-2-11-32-18-23/h2,4,6-12,18,20,26-27H,3,5,13-17,19,21-22H2,1H3,(H,33,34,35). The Bertz CT molecular complexity index is 1450. The zero-order valence-corrected chi connectivity index (χ0v) is 23.6. The summed E-state index contributed by atoms with van der Waals surface area (Å²) in [5, 5.41) is 8.28. The van der Waals surface area contributed by atoms with Crippen molar-refractivity contribution in [3.8, 4) is 22.5 Å². The predicted octanol–water partition coefficient (Wildman–Crippen LogP) is 3.93. The van der Waals surface area contributed by atoms with Crippen LogP contribution in [0, 0.1) is 0 Å². The van der Waals surface area contributed by atoms with Crippen molar-refractivity contribution in [2.24, 2.45) is 0 Å². The van der Waals surface area contributed by atoms with Crippen LogP contribution in [0.1, 0.15) is 18.9 Å². The molecule has 1 aromatic carbocycles. The summed E-state index contributed by atoms with van der Waals surface area (Å²) < 4.78 is 7.39. The van der Waals surface area contributed by atoms with E-state index in [0.29, 0.717) is 19.2 Å². The molecule has 3 aromatic heterocycles. The number of nitrogens with one attached hydrogen (secondary N) is 1. The number of pyridine rings is 1. The molecule has 41 heavy (non-hydrogen) atoms. The van der Waals surface area contributed by atoms with Crippen LogP contribution in [0.25, 0.3) is 22.5 Å². The topological polar surface area (TPSA) is 87.5 Å². The first-order valence-electron chi connectivity index (χ1n) is 14.6. The summed E-state index contributed by atoms with van der Waals surface area (Å²) in [5.74, 6) is 0.553. The summed E-state index contributed by atoms with van der Waals surface area (Å²) in [6.07, 6.45) is 10.1. The van der Waals surface area contributed by atoms with Crippen LogP contribution in [0.2, 0.25) is 0 Å². The van der Waals surface area contributed by atoms with Gasteiger partial charge in [-0.15, -0.1) is 0 Å². The molecular formula is C31H37N9O. The van der Waals surface area contributed by atoms with Crippen molar-refractivity contribution in [2.45, 2.75) is 24.9 Å². The van der Waals surface area contributed by atoms with Gasteiger partial charge in [0.2, 0.25) is 5.95 Å². The maximum absolute atomic E-state index is 5.40. The lowest BCUT2D eigenvalue weighted by molar-refractivity contribution is -0.0285. The molecule has 3 aliphatic heterocycles. The van der Waals surface area contributed by atoms with Gasteiger partial charge >= 0.3 is 0 Å². The fourth-order valence-corrected chi connectivity index (χ4v) is 6.01. The molecule has 3 aliphatic rings. The van der Waals surface area contributed by atoms with Crippen molar-refractivity contribution in [3.63, 3.8) is 0 Å². The Balaban J connectivity index is 1.02. The Morgan fingerprint density at radius 3 is 2.54 bits per heavy atom. The lowest BCUT2D eigenvalue weighted by atomic mass is 10.1. The lowest BCUT2D eigenvalue weighted by Gasteiger charge is -2.38. The molecule has 3 saturated heterocycles. The van der Waals surface area contributed by atoms with Gasteiger partial charge in [-0.2, -0.15) is 5.10 Å². The number of hydrogen-bond acceptors (Lipinski definition) is 9. The molecule has 212 valence electrons. The molecule has 1 unspecified atom stereocenters. The molecule has 7 rings (SSSR count). The monoisotopic (exact) mass is 551 g/mol. The van der Waals surface area contributed by atoms with Gasteiger partial charge in [-0.25, -0.2) is 9.97 Å². The van der Waals surface area contributed by atoms with E-state index >= 15 is 0 Å². The third-order valence-corrected chi connectivity index (χ3v) is 8.59. The number of ether oxygens (including phenoxy) is 1.